The average Bonchev–Trinajstić information content (AvgIpc) is 3.07. The first-order valence-electron chi connectivity index (χ1n) is 8.01. The molecule has 3 aromatic rings. The van der Waals surface area contributed by atoms with Gasteiger partial charge in [0.05, 0.1) is 18.1 Å². The highest BCUT2D eigenvalue weighted by molar-refractivity contribution is 5.91. The number of benzene rings is 2. The number of nitrogens with zero attached hydrogens (tertiary/aromatic N) is 1. The van der Waals surface area contributed by atoms with E-state index in [2.05, 4.69) is 0 Å². The van der Waals surface area contributed by atoms with Crippen LogP contribution in [0, 0.1) is 0 Å². The van der Waals surface area contributed by atoms with E-state index in [1.54, 1.807) is 6.07 Å². The Morgan fingerprint density at radius 1 is 1.16 bits per heavy atom. The summed E-state index contributed by atoms with van der Waals surface area (Å²) < 4.78 is 18.2. The number of phenolic OH excluding ortho intramolecular Hbond substituents is 1. The fraction of sp³-hybridized carbons (Fsp3) is 0.211. The monoisotopic (exact) mass is 338 g/mol. The molecule has 0 aliphatic carbocycles. The van der Waals surface area contributed by atoms with Gasteiger partial charge in [-0.3, -0.25) is 0 Å². The lowest BCUT2D eigenvalue weighted by atomic mass is 9.93. The van der Waals surface area contributed by atoms with Gasteiger partial charge >= 0.3 is 0 Å². The van der Waals surface area contributed by atoms with E-state index in [4.69, 9.17) is 14.2 Å². The van der Waals surface area contributed by atoms with Gasteiger partial charge in [0.2, 0.25) is 12.5 Å². The molecule has 1 aromatic heterocycles. The molecule has 6 heteroatoms. The van der Waals surface area contributed by atoms with Crippen molar-refractivity contribution in [3.63, 3.8) is 0 Å². The molecule has 1 atom stereocenters. The third kappa shape index (κ3) is 1.97. The SMILES string of the molecule is COc1c(O)ccc2cc3[n+](cc12)CC(O)c1cc2c(cc1-3)OCO2. The fourth-order valence-electron chi connectivity index (χ4n) is 3.66. The number of aliphatic hydroxyl groups is 1. The third-order valence-electron chi connectivity index (χ3n) is 4.85. The number of phenols is 1. The number of hydrogen-bond acceptors (Lipinski definition) is 5. The number of fused-ring (bicyclic) bond motifs is 5. The lowest BCUT2D eigenvalue weighted by molar-refractivity contribution is -0.695. The van der Waals surface area contributed by atoms with Gasteiger partial charge in [0.15, 0.2) is 35.7 Å². The first-order chi connectivity index (χ1) is 12.2. The van der Waals surface area contributed by atoms with Crippen molar-refractivity contribution in [2.45, 2.75) is 12.6 Å². The number of methoxy groups -OCH3 is 1. The van der Waals surface area contributed by atoms with Gasteiger partial charge in [0.25, 0.3) is 0 Å². The van der Waals surface area contributed by atoms with E-state index in [9.17, 15) is 10.2 Å². The maximum atomic E-state index is 10.6. The Balaban J connectivity index is 1.80. The summed E-state index contributed by atoms with van der Waals surface area (Å²) in [6.45, 7) is 0.610. The number of rotatable bonds is 1. The van der Waals surface area contributed by atoms with Crippen molar-refractivity contribution in [2.24, 2.45) is 0 Å². The predicted molar refractivity (Wildman–Crippen MR) is 88.9 cm³/mol. The Morgan fingerprint density at radius 3 is 2.76 bits per heavy atom. The first kappa shape index (κ1) is 14.4. The van der Waals surface area contributed by atoms with Gasteiger partial charge < -0.3 is 24.4 Å². The predicted octanol–water partition coefficient (Wildman–Crippen LogP) is 2.28. The molecule has 0 saturated carbocycles. The summed E-state index contributed by atoms with van der Waals surface area (Å²) in [4.78, 5) is 0. The highest BCUT2D eigenvalue weighted by atomic mass is 16.7. The van der Waals surface area contributed by atoms with Crippen molar-refractivity contribution in [3.05, 3.63) is 42.1 Å². The van der Waals surface area contributed by atoms with E-state index in [1.165, 1.54) is 7.11 Å². The zero-order chi connectivity index (χ0) is 17.1. The minimum atomic E-state index is -0.650. The number of aromatic nitrogens is 1. The second-order valence-electron chi connectivity index (χ2n) is 6.24. The number of ether oxygens (including phenoxy) is 3. The van der Waals surface area contributed by atoms with Gasteiger partial charge in [-0.2, -0.15) is 4.57 Å². The van der Waals surface area contributed by atoms with Crippen molar-refractivity contribution in [2.75, 3.05) is 13.9 Å². The quantitative estimate of drug-likeness (QED) is 0.666. The zero-order valence-corrected chi connectivity index (χ0v) is 13.5. The molecule has 2 aromatic carbocycles. The second kappa shape index (κ2) is 5.00. The Labute approximate surface area is 143 Å². The normalized spacial score (nSPS) is 17.3. The van der Waals surface area contributed by atoms with Gasteiger partial charge in [-0.05, 0) is 29.7 Å². The zero-order valence-electron chi connectivity index (χ0n) is 13.5. The number of aliphatic hydroxyl groups excluding tert-OH is 1. The molecule has 3 heterocycles. The summed E-state index contributed by atoms with van der Waals surface area (Å²) in [6, 6.07) is 9.27. The number of pyridine rings is 1. The Hall–Kier alpha value is -2.99. The molecule has 2 aliphatic rings. The molecule has 0 spiro atoms. The van der Waals surface area contributed by atoms with E-state index >= 15 is 0 Å². The molecule has 5 rings (SSSR count). The van der Waals surface area contributed by atoms with Crippen molar-refractivity contribution < 1.29 is 29.0 Å². The van der Waals surface area contributed by atoms with E-state index in [0.29, 0.717) is 23.8 Å². The van der Waals surface area contributed by atoms with Crippen LogP contribution in [0.2, 0.25) is 0 Å². The molecule has 0 fully saturated rings. The first-order valence-corrected chi connectivity index (χ1v) is 8.01. The number of hydrogen-bond donors (Lipinski definition) is 2. The Kier molecular flexibility index (Phi) is 2.87. The summed E-state index contributed by atoms with van der Waals surface area (Å²) in [5, 5.41) is 22.3. The van der Waals surface area contributed by atoms with Crippen LogP contribution in [0.4, 0.5) is 0 Å². The highest BCUT2D eigenvalue weighted by Gasteiger charge is 2.33. The van der Waals surface area contributed by atoms with Crippen LogP contribution in [-0.2, 0) is 6.54 Å². The molecule has 0 amide bonds. The van der Waals surface area contributed by atoms with Crippen molar-refractivity contribution in [1.82, 2.24) is 0 Å². The van der Waals surface area contributed by atoms with Gasteiger partial charge in [-0.25, -0.2) is 0 Å². The summed E-state index contributed by atoms with van der Waals surface area (Å²) in [5.74, 6) is 1.87. The van der Waals surface area contributed by atoms with E-state index in [-0.39, 0.29) is 12.5 Å². The average molecular weight is 338 g/mol. The van der Waals surface area contributed by atoms with Gasteiger partial charge in [-0.15, -0.1) is 0 Å². The van der Waals surface area contributed by atoms with Crippen LogP contribution >= 0.6 is 0 Å². The lowest BCUT2D eigenvalue weighted by Crippen LogP contribution is -2.42. The van der Waals surface area contributed by atoms with Gasteiger partial charge in [0, 0.05) is 11.6 Å². The molecule has 0 bridgehead atoms. The van der Waals surface area contributed by atoms with E-state index in [0.717, 1.165) is 27.6 Å². The molecule has 0 radical (unpaired) electrons. The molecular formula is C19H16NO5+. The minimum absolute atomic E-state index is 0.0932. The van der Waals surface area contributed by atoms with Gasteiger partial charge in [0.1, 0.15) is 6.10 Å². The fourth-order valence-corrected chi connectivity index (χ4v) is 3.66. The van der Waals surface area contributed by atoms with Gasteiger partial charge in [-0.1, -0.05) is 0 Å². The smallest absolute Gasteiger partial charge is 0.231 e. The lowest BCUT2D eigenvalue weighted by Gasteiger charge is -2.20. The molecule has 2 N–H and O–H groups in total. The van der Waals surface area contributed by atoms with Crippen LogP contribution in [0.5, 0.6) is 23.0 Å². The van der Waals surface area contributed by atoms with Crippen LogP contribution in [0.3, 0.4) is 0 Å². The topological polar surface area (TPSA) is 72.0 Å². The maximum Gasteiger partial charge on any atom is 0.231 e. The largest absolute Gasteiger partial charge is 0.504 e. The Bertz CT molecular complexity index is 1030. The molecule has 0 saturated heterocycles. The second-order valence-corrected chi connectivity index (χ2v) is 6.24. The minimum Gasteiger partial charge on any atom is -0.504 e. The van der Waals surface area contributed by atoms with E-state index in [1.807, 2.05) is 35.0 Å². The summed E-state index contributed by atoms with van der Waals surface area (Å²) in [5.41, 5.74) is 2.71. The third-order valence-corrected chi connectivity index (χ3v) is 4.85. The molecular weight excluding hydrogens is 322 g/mol. The van der Waals surface area contributed by atoms with Crippen molar-refractivity contribution >= 4 is 10.8 Å². The van der Waals surface area contributed by atoms with Crippen molar-refractivity contribution in [1.29, 1.82) is 0 Å². The van der Waals surface area contributed by atoms with Crippen LogP contribution in [0.25, 0.3) is 22.0 Å². The molecule has 6 nitrogen and oxygen atoms in total. The van der Waals surface area contributed by atoms with Crippen LogP contribution in [-0.4, -0.2) is 24.1 Å². The number of aromatic hydroxyl groups is 1. The maximum absolute atomic E-state index is 10.6. The highest BCUT2D eigenvalue weighted by Crippen LogP contribution is 2.43. The van der Waals surface area contributed by atoms with Crippen LogP contribution < -0.4 is 18.8 Å². The standard InChI is InChI=1S/C19H15NO5/c1-23-19-13-7-20-8-16(22)12-6-18-17(24-9-25-18)5-11(12)14(20)4-10(13)2-3-15(19)21/h2-7,16,22H,8-9H2,1H3/p+1. The molecule has 126 valence electrons. The Morgan fingerprint density at radius 2 is 1.96 bits per heavy atom. The van der Waals surface area contributed by atoms with Crippen LogP contribution in [0.15, 0.2) is 36.5 Å². The summed E-state index contributed by atoms with van der Waals surface area (Å²) in [7, 11) is 1.53. The van der Waals surface area contributed by atoms with E-state index < -0.39 is 6.10 Å². The summed E-state index contributed by atoms with van der Waals surface area (Å²) in [6.07, 6.45) is 1.25. The molecule has 2 aliphatic heterocycles. The molecule has 25 heavy (non-hydrogen) atoms. The van der Waals surface area contributed by atoms with Crippen molar-refractivity contribution in [3.8, 4) is 34.3 Å². The summed E-state index contributed by atoms with van der Waals surface area (Å²) >= 11 is 0. The molecule has 1 unspecified atom stereocenters. The van der Waals surface area contributed by atoms with Crippen LogP contribution in [0.1, 0.15) is 11.7 Å².